The van der Waals surface area contributed by atoms with Crippen molar-refractivity contribution in [3.05, 3.63) is 18.2 Å². The van der Waals surface area contributed by atoms with Crippen LogP contribution in [0, 0.1) is 0 Å². The van der Waals surface area contributed by atoms with Gasteiger partial charge in [0.15, 0.2) is 0 Å². The van der Waals surface area contributed by atoms with Gasteiger partial charge in [-0.1, -0.05) is 0 Å². The molecule has 0 saturated heterocycles. The molecule has 100 valence electrons. The molecule has 1 aliphatic carbocycles. The minimum atomic E-state index is -3.53. The van der Waals surface area contributed by atoms with Crippen LogP contribution in [0.4, 0.5) is 11.4 Å². The molecule has 1 aromatic rings. The van der Waals surface area contributed by atoms with Gasteiger partial charge in [-0.3, -0.25) is 0 Å². The summed E-state index contributed by atoms with van der Waals surface area (Å²) in [7, 11) is -2.19. The molecule has 18 heavy (non-hydrogen) atoms. The number of anilines is 2. The molecule has 0 amide bonds. The van der Waals surface area contributed by atoms with E-state index in [0.29, 0.717) is 5.69 Å². The van der Waals surface area contributed by atoms with E-state index in [1.54, 1.807) is 12.1 Å². The van der Waals surface area contributed by atoms with Crippen LogP contribution < -0.4 is 15.8 Å². The first-order chi connectivity index (χ1) is 8.42. The van der Waals surface area contributed by atoms with Gasteiger partial charge in [0.1, 0.15) is 4.90 Å². The largest absolute Gasteiger partial charge is 0.398 e. The molecule has 1 aromatic carbocycles. The van der Waals surface area contributed by atoms with Crippen molar-refractivity contribution in [1.82, 2.24) is 4.72 Å². The molecule has 1 saturated carbocycles. The third-order valence-corrected chi connectivity index (χ3v) is 4.62. The molecule has 0 unspecified atom stereocenters. The Bertz CT molecular complexity index is 553. The number of nitrogens with two attached hydrogens (primary N) is 1. The van der Waals surface area contributed by atoms with Crippen LogP contribution in [-0.2, 0) is 10.0 Å². The van der Waals surface area contributed by atoms with Crippen LogP contribution in [0.25, 0.3) is 0 Å². The highest BCUT2D eigenvalue weighted by Gasteiger charge is 2.42. The van der Waals surface area contributed by atoms with Crippen molar-refractivity contribution in [3.8, 4) is 0 Å². The van der Waals surface area contributed by atoms with Crippen molar-refractivity contribution >= 4 is 21.4 Å². The lowest BCUT2D eigenvalue weighted by Gasteiger charge is -2.17. The summed E-state index contributed by atoms with van der Waals surface area (Å²) < 4.78 is 25.5. The number of rotatable bonds is 5. The fourth-order valence-electron chi connectivity index (χ4n) is 1.76. The van der Waals surface area contributed by atoms with Crippen LogP contribution in [-0.4, -0.2) is 32.7 Å². The van der Waals surface area contributed by atoms with Crippen LogP contribution >= 0.6 is 0 Å². The van der Waals surface area contributed by atoms with Crippen LogP contribution in [0.1, 0.15) is 12.8 Å². The SMILES string of the molecule is CNS(=O)(=O)c1ccc(NC2(CO)CC2)cc1N. The number of benzene rings is 1. The Morgan fingerprint density at radius 2 is 2.11 bits per heavy atom. The maximum atomic E-state index is 11.6. The van der Waals surface area contributed by atoms with Crippen LogP contribution in [0.5, 0.6) is 0 Å². The topological polar surface area (TPSA) is 104 Å². The average molecular weight is 271 g/mol. The maximum Gasteiger partial charge on any atom is 0.242 e. The molecule has 6 nitrogen and oxygen atoms in total. The number of aliphatic hydroxyl groups excluding tert-OH is 1. The Kier molecular flexibility index (Phi) is 3.22. The lowest BCUT2D eigenvalue weighted by Crippen LogP contribution is -2.26. The normalized spacial score (nSPS) is 17.4. The van der Waals surface area contributed by atoms with E-state index in [9.17, 15) is 13.5 Å². The third kappa shape index (κ3) is 2.43. The molecular formula is C11H17N3O3S. The van der Waals surface area contributed by atoms with Gasteiger partial charge in [-0.15, -0.1) is 0 Å². The van der Waals surface area contributed by atoms with E-state index >= 15 is 0 Å². The molecule has 5 N–H and O–H groups in total. The van der Waals surface area contributed by atoms with E-state index in [2.05, 4.69) is 10.0 Å². The van der Waals surface area contributed by atoms with E-state index in [4.69, 9.17) is 5.73 Å². The quantitative estimate of drug-likeness (QED) is 0.569. The highest BCUT2D eigenvalue weighted by molar-refractivity contribution is 7.89. The molecule has 0 bridgehead atoms. The van der Waals surface area contributed by atoms with Crippen LogP contribution in [0.3, 0.4) is 0 Å². The first-order valence-corrected chi connectivity index (χ1v) is 7.13. The molecule has 0 aromatic heterocycles. The van der Waals surface area contributed by atoms with Crippen molar-refractivity contribution in [1.29, 1.82) is 0 Å². The molecule has 2 rings (SSSR count). The maximum absolute atomic E-state index is 11.6. The molecule has 0 spiro atoms. The Balaban J connectivity index is 2.26. The zero-order valence-electron chi connectivity index (χ0n) is 10.1. The van der Waals surface area contributed by atoms with E-state index in [0.717, 1.165) is 12.8 Å². The molecule has 1 fully saturated rings. The summed E-state index contributed by atoms with van der Waals surface area (Å²) >= 11 is 0. The molecule has 1 aliphatic rings. The number of aliphatic hydroxyl groups is 1. The van der Waals surface area contributed by atoms with Gasteiger partial charge in [0.05, 0.1) is 17.8 Å². The summed E-state index contributed by atoms with van der Waals surface area (Å²) in [5.74, 6) is 0. The van der Waals surface area contributed by atoms with E-state index < -0.39 is 10.0 Å². The number of hydrogen-bond acceptors (Lipinski definition) is 5. The lowest BCUT2D eigenvalue weighted by molar-refractivity contribution is 0.266. The van der Waals surface area contributed by atoms with Crippen molar-refractivity contribution in [2.45, 2.75) is 23.3 Å². The second kappa shape index (κ2) is 4.42. The summed E-state index contributed by atoms with van der Waals surface area (Å²) in [6.07, 6.45) is 1.81. The summed E-state index contributed by atoms with van der Waals surface area (Å²) in [6, 6.07) is 4.67. The lowest BCUT2D eigenvalue weighted by atomic mass is 10.2. The standard InChI is InChI=1S/C11H17N3O3S/c1-13-18(16,17)10-3-2-8(6-9(10)12)14-11(7-15)4-5-11/h2-3,6,13-15H,4-5,7,12H2,1H3. The van der Waals surface area contributed by atoms with E-state index in [1.807, 2.05) is 0 Å². The molecule has 0 radical (unpaired) electrons. The van der Waals surface area contributed by atoms with Gasteiger partial charge in [-0.05, 0) is 38.1 Å². The van der Waals surface area contributed by atoms with E-state index in [1.165, 1.54) is 13.1 Å². The smallest absolute Gasteiger partial charge is 0.242 e. The Morgan fingerprint density at radius 3 is 2.56 bits per heavy atom. The predicted octanol–water partition coefficient (Wildman–Crippen LogP) is 0.114. The minimum Gasteiger partial charge on any atom is -0.398 e. The van der Waals surface area contributed by atoms with Gasteiger partial charge < -0.3 is 16.2 Å². The zero-order valence-corrected chi connectivity index (χ0v) is 10.9. The molecule has 7 heteroatoms. The Labute approximate surface area is 106 Å². The van der Waals surface area contributed by atoms with Crippen molar-refractivity contribution in [2.75, 3.05) is 24.7 Å². The third-order valence-electron chi connectivity index (χ3n) is 3.13. The summed E-state index contributed by atoms with van der Waals surface area (Å²) in [6.45, 7) is 0.0590. The highest BCUT2D eigenvalue weighted by atomic mass is 32.2. The summed E-state index contributed by atoms with van der Waals surface area (Å²) in [5, 5.41) is 12.4. The van der Waals surface area contributed by atoms with E-state index in [-0.39, 0.29) is 22.7 Å². The van der Waals surface area contributed by atoms with Crippen LogP contribution in [0.2, 0.25) is 0 Å². The van der Waals surface area contributed by atoms with Gasteiger partial charge >= 0.3 is 0 Å². The molecule has 0 atom stereocenters. The van der Waals surface area contributed by atoms with Crippen molar-refractivity contribution in [2.24, 2.45) is 0 Å². The Morgan fingerprint density at radius 1 is 1.44 bits per heavy atom. The fraction of sp³-hybridized carbons (Fsp3) is 0.455. The van der Waals surface area contributed by atoms with Gasteiger partial charge in [0.2, 0.25) is 10.0 Å². The minimum absolute atomic E-state index is 0.0590. The summed E-state index contributed by atoms with van der Waals surface area (Å²) in [5.41, 5.74) is 6.39. The van der Waals surface area contributed by atoms with Gasteiger partial charge in [0.25, 0.3) is 0 Å². The van der Waals surface area contributed by atoms with Crippen LogP contribution in [0.15, 0.2) is 23.1 Å². The highest BCUT2D eigenvalue weighted by Crippen LogP contribution is 2.38. The molecule has 0 aliphatic heterocycles. The first kappa shape index (κ1) is 13.1. The molecular weight excluding hydrogens is 254 g/mol. The second-order valence-electron chi connectivity index (χ2n) is 4.52. The van der Waals surface area contributed by atoms with Gasteiger partial charge in [-0.2, -0.15) is 0 Å². The average Bonchev–Trinajstić information content (AvgIpc) is 3.09. The monoisotopic (exact) mass is 271 g/mol. The van der Waals surface area contributed by atoms with Crippen molar-refractivity contribution in [3.63, 3.8) is 0 Å². The number of hydrogen-bond donors (Lipinski definition) is 4. The zero-order chi connectivity index (χ0) is 13.4. The first-order valence-electron chi connectivity index (χ1n) is 5.65. The number of nitrogen functional groups attached to an aromatic ring is 1. The Hall–Kier alpha value is -1.31. The number of sulfonamides is 1. The van der Waals surface area contributed by atoms with Gasteiger partial charge in [-0.25, -0.2) is 13.1 Å². The fourth-order valence-corrected chi connectivity index (χ4v) is 2.60. The molecule has 0 heterocycles. The second-order valence-corrected chi connectivity index (χ2v) is 6.38. The van der Waals surface area contributed by atoms with Crippen molar-refractivity contribution < 1.29 is 13.5 Å². The van der Waals surface area contributed by atoms with Gasteiger partial charge in [0, 0.05) is 5.69 Å². The summed E-state index contributed by atoms with van der Waals surface area (Å²) in [4.78, 5) is 0.0596. The predicted molar refractivity (Wildman–Crippen MR) is 69.8 cm³/mol. The number of nitrogens with one attached hydrogen (secondary N) is 2.